The van der Waals surface area contributed by atoms with Gasteiger partial charge in [0.15, 0.2) is 11.6 Å². The molecule has 0 amide bonds. The van der Waals surface area contributed by atoms with Gasteiger partial charge in [0.25, 0.3) is 0 Å². The summed E-state index contributed by atoms with van der Waals surface area (Å²) < 4.78 is 12.2. The van der Waals surface area contributed by atoms with Crippen LogP contribution < -0.4 is 5.73 Å². The summed E-state index contributed by atoms with van der Waals surface area (Å²) in [6.45, 7) is 0. The molecule has 0 aliphatic heterocycles. The first kappa shape index (κ1) is 13.1. The Kier molecular flexibility index (Phi) is 5.42. The summed E-state index contributed by atoms with van der Waals surface area (Å²) in [7, 11) is 0. The Balaban J connectivity index is 0.000000165. The summed E-state index contributed by atoms with van der Waals surface area (Å²) in [4.78, 5) is 6.67. The summed E-state index contributed by atoms with van der Waals surface area (Å²) in [5, 5.41) is 8.86. The highest BCUT2D eigenvalue weighted by atomic mass is 35.5. The number of halogens is 2. The number of aliphatic hydroxyl groups is 1. The zero-order chi connectivity index (χ0) is 12.0. The molecule has 0 spiro atoms. The molecular weight excluding hydrogens is 233 g/mol. The maximum atomic E-state index is 12.2. The maximum Gasteiger partial charge on any atom is 0.224 e. The summed E-state index contributed by atoms with van der Waals surface area (Å²) in [5.41, 5.74) is 5.01. The second-order valence-corrected chi connectivity index (χ2v) is 4.00. The van der Waals surface area contributed by atoms with Crippen LogP contribution in [0.2, 0.25) is 5.28 Å². The second-order valence-electron chi connectivity index (χ2n) is 3.66. The van der Waals surface area contributed by atoms with Crippen molar-refractivity contribution in [2.75, 3.05) is 5.73 Å². The first-order chi connectivity index (χ1) is 7.59. The van der Waals surface area contributed by atoms with E-state index in [0.717, 1.165) is 19.0 Å². The number of aromatic nitrogens is 2. The third-order valence-electron chi connectivity index (χ3n) is 2.32. The van der Waals surface area contributed by atoms with Gasteiger partial charge in [0, 0.05) is 0 Å². The molecule has 1 saturated carbocycles. The number of aliphatic hydroxyl groups excluding tert-OH is 1. The van der Waals surface area contributed by atoms with Gasteiger partial charge in [-0.25, -0.2) is 9.37 Å². The third-order valence-corrected chi connectivity index (χ3v) is 2.50. The Bertz CT molecular complexity index is 332. The number of hydrogen-bond acceptors (Lipinski definition) is 4. The fraction of sp³-hybridized carbons (Fsp3) is 0.600. The molecule has 1 aliphatic carbocycles. The van der Waals surface area contributed by atoms with E-state index in [0.29, 0.717) is 0 Å². The van der Waals surface area contributed by atoms with Crippen molar-refractivity contribution in [2.24, 2.45) is 0 Å². The second kappa shape index (κ2) is 6.60. The van der Waals surface area contributed by atoms with Gasteiger partial charge in [-0.05, 0) is 24.4 Å². The number of anilines is 1. The molecule has 0 radical (unpaired) electrons. The van der Waals surface area contributed by atoms with Crippen molar-refractivity contribution in [1.29, 1.82) is 0 Å². The van der Waals surface area contributed by atoms with Crippen LogP contribution in [0.15, 0.2) is 6.20 Å². The highest BCUT2D eigenvalue weighted by Crippen LogP contribution is 2.16. The minimum Gasteiger partial charge on any atom is -0.393 e. The van der Waals surface area contributed by atoms with Gasteiger partial charge in [-0.1, -0.05) is 19.3 Å². The van der Waals surface area contributed by atoms with Crippen LogP contribution >= 0.6 is 11.6 Å². The van der Waals surface area contributed by atoms with Crippen LogP contribution in [-0.2, 0) is 0 Å². The summed E-state index contributed by atoms with van der Waals surface area (Å²) >= 11 is 5.25. The van der Waals surface area contributed by atoms with E-state index in [1.54, 1.807) is 0 Å². The number of nitrogens with two attached hydrogens (primary N) is 1. The van der Waals surface area contributed by atoms with Gasteiger partial charge >= 0.3 is 0 Å². The zero-order valence-electron chi connectivity index (χ0n) is 8.87. The molecule has 0 saturated heterocycles. The van der Waals surface area contributed by atoms with Crippen molar-refractivity contribution < 1.29 is 9.50 Å². The molecule has 1 fully saturated rings. The summed E-state index contributed by atoms with van der Waals surface area (Å²) in [5.74, 6) is -0.880. The average Bonchev–Trinajstić information content (AvgIpc) is 2.26. The lowest BCUT2D eigenvalue weighted by Gasteiger charge is -2.14. The minimum atomic E-state index is -0.653. The predicted octanol–water partition coefficient (Wildman–Crippen LogP) is 2.16. The van der Waals surface area contributed by atoms with Crippen LogP contribution in [0.1, 0.15) is 32.1 Å². The Hall–Kier alpha value is -0.940. The molecule has 4 nitrogen and oxygen atoms in total. The average molecular weight is 248 g/mol. The van der Waals surface area contributed by atoms with Gasteiger partial charge in [0.2, 0.25) is 5.28 Å². The van der Waals surface area contributed by atoms with Crippen molar-refractivity contribution in [3.8, 4) is 0 Å². The molecule has 0 atom stereocenters. The molecule has 1 aromatic rings. The van der Waals surface area contributed by atoms with Gasteiger partial charge in [-0.3, -0.25) is 0 Å². The standard InChI is InChI=1S/C6H12O.C4H3ClFN3/c7-6-4-2-1-3-5-6;5-4-8-1-2(6)3(7)9-4/h6-7H,1-5H2;1H,(H2,7,8,9). The van der Waals surface area contributed by atoms with Gasteiger partial charge in [0.1, 0.15) is 0 Å². The van der Waals surface area contributed by atoms with E-state index in [1.165, 1.54) is 19.3 Å². The first-order valence-electron chi connectivity index (χ1n) is 5.21. The smallest absolute Gasteiger partial charge is 0.224 e. The van der Waals surface area contributed by atoms with Crippen LogP contribution in [0.25, 0.3) is 0 Å². The van der Waals surface area contributed by atoms with Crippen molar-refractivity contribution in [2.45, 2.75) is 38.2 Å². The first-order valence-corrected chi connectivity index (χ1v) is 5.59. The van der Waals surface area contributed by atoms with Crippen molar-refractivity contribution in [3.05, 3.63) is 17.3 Å². The Morgan fingerprint density at radius 1 is 1.38 bits per heavy atom. The molecule has 16 heavy (non-hydrogen) atoms. The molecule has 3 N–H and O–H groups in total. The SMILES string of the molecule is Nc1nc(Cl)ncc1F.OC1CCCCC1. The fourth-order valence-electron chi connectivity index (χ4n) is 1.44. The lowest BCUT2D eigenvalue weighted by Crippen LogP contribution is -2.09. The monoisotopic (exact) mass is 247 g/mol. The molecule has 1 heterocycles. The summed E-state index contributed by atoms with van der Waals surface area (Å²) in [6, 6.07) is 0. The van der Waals surface area contributed by atoms with Crippen LogP contribution in [0.4, 0.5) is 10.2 Å². The quantitative estimate of drug-likeness (QED) is 0.689. The molecule has 2 rings (SSSR count). The largest absolute Gasteiger partial charge is 0.393 e. The molecule has 6 heteroatoms. The van der Waals surface area contributed by atoms with Gasteiger partial charge in [0.05, 0.1) is 12.3 Å². The third kappa shape index (κ3) is 4.72. The van der Waals surface area contributed by atoms with E-state index in [2.05, 4.69) is 9.97 Å². The number of nitrogen functional groups attached to an aromatic ring is 1. The van der Waals surface area contributed by atoms with Crippen molar-refractivity contribution in [1.82, 2.24) is 9.97 Å². The van der Waals surface area contributed by atoms with Gasteiger partial charge in [-0.15, -0.1) is 0 Å². The van der Waals surface area contributed by atoms with Crippen LogP contribution in [0, 0.1) is 5.82 Å². The Morgan fingerprint density at radius 3 is 2.38 bits per heavy atom. The Labute approximate surface area is 98.7 Å². The topological polar surface area (TPSA) is 72.0 Å². The lowest BCUT2D eigenvalue weighted by atomic mass is 9.98. The van der Waals surface area contributed by atoms with Crippen LogP contribution in [0.3, 0.4) is 0 Å². The molecule has 0 aromatic carbocycles. The normalized spacial score (nSPS) is 16.4. The van der Waals surface area contributed by atoms with Gasteiger partial charge in [-0.2, -0.15) is 4.98 Å². The van der Waals surface area contributed by atoms with E-state index in [1.807, 2.05) is 0 Å². The van der Waals surface area contributed by atoms with E-state index >= 15 is 0 Å². The van der Waals surface area contributed by atoms with E-state index < -0.39 is 5.82 Å². The van der Waals surface area contributed by atoms with E-state index in [9.17, 15) is 4.39 Å². The molecule has 1 aliphatic rings. The zero-order valence-corrected chi connectivity index (χ0v) is 9.62. The van der Waals surface area contributed by atoms with Gasteiger partial charge < -0.3 is 10.8 Å². The molecule has 0 unspecified atom stereocenters. The number of hydrogen-bond donors (Lipinski definition) is 2. The molecular formula is C10H15ClFN3O. The van der Waals surface area contributed by atoms with Crippen LogP contribution in [-0.4, -0.2) is 21.2 Å². The highest BCUT2D eigenvalue weighted by molar-refractivity contribution is 6.28. The summed E-state index contributed by atoms with van der Waals surface area (Å²) in [6.07, 6.45) is 6.85. The van der Waals surface area contributed by atoms with Crippen molar-refractivity contribution in [3.63, 3.8) is 0 Å². The molecule has 0 bridgehead atoms. The van der Waals surface area contributed by atoms with Crippen LogP contribution in [0.5, 0.6) is 0 Å². The molecule has 90 valence electrons. The molecule has 1 aromatic heterocycles. The predicted molar refractivity (Wildman–Crippen MR) is 60.5 cm³/mol. The lowest BCUT2D eigenvalue weighted by molar-refractivity contribution is 0.130. The number of rotatable bonds is 0. The van der Waals surface area contributed by atoms with E-state index in [4.69, 9.17) is 22.4 Å². The maximum absolute atomic E-state index is 12.2. The van der Waals surface area contributed by atoms with E-state index in [-0.39, 0.29) is 17.2 Å². The minimum absolute atomic E-state index is 0.0359. The fourth-order valence-corrected chi connectivity index (χ4v) is 1.58. The highest BCUT2D eigenvalue weighted by Gasteiger charge is 2.07. The van der Waals surface area contributed by atoms with Crippen molar-refractivity contribution >= 4 is 17.4 Å². The number of nitrogens with zero attached hydrogens (tertiary/aromatic N) is 2. The Morgan fingerprint density at radius 2 is 2.00 bits per heavy atom.